The monoisotopic (exact) mass is 810 g/mol. The predicted molar refractivity (Wildman–Crippen MR) is 211 cm³/mol. The number of benzene rings is 4. The molecule has 0 amide bonds. The molecule has 14 nitrogen and oxygen atoms in total. The first-order valence-corrected chi connectivity index (χ1v) is 20.5. The third kappa shape index (κ3) is 11.6. The summed E-state index contributed by atoms with van der Waals surface area (Å²) >= 11 is 0. The molecular weight excluding hydrogens is 765 g/mol. The summed E-state index contributed by atoms with van der Waals surface area (Å²) in [7, 11) is -3.89. The van der Waals surface area contributed by atoms with Crippen LogP contribution in [0.15, 0.2) is 94.7 Å². The summed E-state index contributed by atoms with van der Waals surface area (Å²) in [5, 5.41) is 18.8. The number of methoxy groups -OCH3 is 2. The highest BCUT2D eigenvalue weighted by Gasteiger charge is 2.27. The van der Waals surface area contributed by atoms with Gasteiger partial charge < -0.3 is 38.6 Å². The summed E-state index contributed by atoms with van der Waals surface area (Å²) < 4.78 is 84.8. The zero-order chi connectivity index (χ0) is 40.0. The molecule has 4 aromatic carbocycles. The van der Waals surface area contributed by atoms with Crippen molar-refractivity contribution < 1.29 is 55.5 Å². The number of aromatic hydroxyl groups is 2. The van der Waals surface area contributed by atoms with E-state index in [1.807, 2.05) is 24.3 Å². The van der Waals surface area contributed by atoms with Crippen molar-refractivity contribution in [1.29, 1.82) is 0 Å². The van der Waals surface area contributed by atoms with Crippen LogP contribution in [0, 0.1) is 0 Å². The average molecular weight is 811 g/mol. The molecule has 0 bridgehead atoms. The SMILES string of the molecule is COCOc1ccc(/C=C/c2ccc(S(=O)(=O)N3CCOCC3)cc2)cc1OCOC.O=S(=O)(c1ccc(/C=C/c2ccc(O)c(O)c2)cc1)N1CCOCC1. The van der Waals surface area contributed by atoms with Gasteiger partial charge in [0, 0.05) is 40.4 Å². The molecule has 56 heavy (non-hydrogen) atoms. The van der Waals surface area contributed by atoms with Crippen LogP contribution < -0.4 is 9.47 Å². The maximum atomic E-state index is 12.7. The highest BCUT2D eigenvalue weighted by molar-refractivity contribution is 7.89. The molecule has 0 spiro atoms. The molecule has 2 aliphatic rings. The van der Waals surface area contributed by atoms with Crippen LogP contribution in [0.3, 0.4) is 0 Å². The summed E-state index contributed by atoms with van der Waals surface area (Å²) in [5.41, 5.74) is 3.31. The maximum Gasteiger partial charge on any atom is 0.243 e. The van der Waals surface area contributed by atoms with Gasteiger partial charge in [-0.3, -0.25) is 0 Å². The molecule has 0 radical (unpaired) electrons. The van der Waals surface area contributed by atoms with Gasteiger partial charge in [0.1, 0.15) is 0 Å². The van der Waals surface area contributed by atoms with Crippen LogP contribution in [-0.4, -0.2) is 116 Å². The zero-order valence-electron chi connectivity index (χ0n) is 31.2. The lowest BCUT2D eigenvalue weighted by Crippen LogP contribution is -2.40. The highest BCUT2D eigenvalue weighted by Crippen LogP contribution is 2.30. The standard InChI is InChI=1S/C22H27NO7S.C18H19NO5S/c1-26-16-29-21-10-7-19(15-22(21)30-17-27-2)4-3-18-5-8-20(9-6-18)31(24,25)23-11-13-28-14-12-23;20-17-8-5-15(13-18(17)21)2-1-14-3-6-16(7-4-14)25(22,23)19-9-11-24-12-10-19/h3-10,15H,11-14,16-17H2,1-2H3;1-8,13,20-21H,9-12H2/b4-3+;2-1+. The first-order chi connectivity index (χ1) is 27.0. The summed E-state index contributed by atoms with van der Waals surface area (Å²) in [6.07, 6.45) is 7.38. The number of phenols is 2. The van der Waals surface area contributed by atoms with Crippen molar-refractivity contribution in [3.05, 3.63) is 107 Å². The van der Waals surface area contributed by atoms with Crippen molar-refractivity contribution in [3.63, 3.8) is 0 Å². The molecule has 4 aromatic rings. The van der Waals surface area contributed by atoms with Crippen molar-refractivity contribution in [3.8, 4) is 23.0 Å². The Labute approximate surface area is 327 Å². The Bertz CT molecular complexity index is 2150. The number of nitrogens with zero attached hydrogens (tertiary/aromatic N) is 2. The van der Waals surface area contributed by atoms with Gasteiger partial charge in [0.05, 0.1) is 36.2 Å². The van der Waals surface area contributed by atoms with Crippen LogP contribution in [-0.2, 0) is 39.0 Å². The number of phenolic OH excluding ortho intramolecular Hbond substituents is 2. The Morgan fingerprint density at radius 2 is 0.929 bits per heavy atom. The fourth-order valence-electron chi connectivity index (χ4n) is 5.51. The molecule has 16 heteroatoms. The van der Waals surface area contributed by atoms with Gasteiger partial charge >= 0.3 is 0 Å². The Balaban J connectivity index is 0.000000219. The number of ether oxygens (including phenoxy) is 6. The van der Waals surface area contributed by atoms with Crippen molar-refractivity contribution in [2.45, 2.75) is 9.79 Å². The summed E-state index contributed by atoms with van der Waals surface area (Å²) in [6.45, 7) is 3.37. The minimum Gasteiger partial charge on any atom is -0.504 e. The average Bonchev–Trinajstić information content (AvgIpc) is 3.23. The van der Waals surface area contributed by atoms with E-state index in [0.29, 0.717) is 64.1 Å². The number of morpholine rings is 2. The second-order valence-corrected chi connectivity index (χ2v) is 16.3. The van der Waals surface area contributed by atoms with E-state index in [0.717, 1.165) is 22.3 Å². The van der Waals surface area contributed by atoms with Gasteiger partial charge in [0.25, 0.3) is 0 Å². The van der Waals surface area contributed by atoms with Crippen molar-refractivity contribution in [2.24, 2.45) is 0 Å². The zero-order valence-corrected chi connectivity index (χ0v) is 32.8. The molecule has 0 atom stereocenters. The molecule has 300 valence electrons. The number of hydrogen-bond acceptors (Lipinski definition) is 12. The normalized spacial score (nSPS) is 15.8. The molecule has 0 unspecified atom stereocenters. The summed E-state index contributed by atoms with van der Waals surface area (Å²) in [4.78, 5) is 0.537. The van der Waals surface area contributed by atoms with E-state index in [-0.39, 0.29) is 34.9 Å². The van der Waals surface area contributed by atoms with Gasteiger partial charge in [-0.2, -0.15) is 8.61 Å². The molecule has 0 aromatic heterocycles. The van der Waals surface area contributed by atoms with Crippen molar-refractivity contribution in [1.82, 2.24) is 8.61 Å². The minimum absolute atomic E-state index is 0.0928. The van der Waals surface area contributed by atoms with E-state index in [2.05, 4.69) is 0 Å². The predicted octanol–water partition coefficient (Wildman–Crippen LogP) is 5.13. The molecule has 2 N–H and O–H groups in total. The van der Waals surface area contributed by atoms with Crippen molar-refractivity contribution >= 4 is 44.4 Å². The van der Waals surface area contributed by atoms with E-state index in [4.69, 9.17) is 28.4 Å². The minimum atomic E-state index is -3.50. The van der Waals surface area contributed by atoms with Crippen LogP contribution >= 0.6 is 0 Å². The Morgan fingerprint density at radius 1 is 0.536 bits per heavy atom. The molecule has 0 aliphatic carbocycles. The molecule has 0 saturated carbocycles. The third-order valence-electron chi connectivity index (χ3n) is 8.54. The van der Waals surface area contributed by atoms with E-state index in [1.165, 1.54) is 20.7 Å². The van der Waals surface area contributed by atoms with Crippen molar-refractivity contribution in [2.75, 3.05) is 80.4 Å². The van der Waals surface area contributed by atoms with Gasteiger partial charge in [-0.25, -0.2) is 16.8 Å². The van der Waals surface area contributed by atoms with Gasteiger partial charge in [-0.05, 0) is 70.8 Å². The van der Waals surface area contributed by atoms with Crippen LogP contribution in [0.4, 0.5) is 0 Å². The van der Waals surface area contributed by atoms with Crippen LogP contribution in [0.1, 0.15) is 22.3 Å². The second kappa shape index (κ2) is 20.4. The van der Waals surface area contributed by atoms with Crippen LogP contribution in [0.2, 0.25) is 0 Å². The van der Waals surface area contributed by atoms with E-state index >= 15 is 0 Å². The third-order valence-corrected chi connectivity index (χ3v) is 12.4. The van der Waals surface area contributed by atoms with Crippen LogP contribution in [0.5, 0.6) is 23.0 Å². The molecular formula is C40H46N2O12S2. The van der Waals surface area contributed by atoms with Crippen LogP contribution in [0.25, 0.3) is 24.3 Å². The molecule has 2 aliphatic heterocycles. The maximum absolute atomic E-state index is 12.7. The first-order valence-electron chi connectivity index (χ1n) is 17.6. The molecule has 2 saturated heterocycles. The van der Waals surface area contributed by atoms with Gasteiger partial charge in [0.15, 0.2) is 36.6 Å². The summed E-state index contributed by atoms with van der Waals surface area (Å²) in [5.74, 6) is 0.727. The Hall–Kier alpha value is -4.78. The highest BCUT2D eigenvalue weighted by atomic mass is 32.2. The smallest absolute Gasteiger partial charge is 0.243 e. The lowest BCUT2D eigenvalue weighted by atomic mass is 10.1. The quantitative estimate of drug-likeness (QED) is 0.0980. The molecule has 6 rings (SSSR count). The van der Waals surface area contributed by atoms with E-state index in [1.54, 1.807) is 87.0 Å². The molecule has 2 heterocycles. The fraction of sp³-hybridized carbons (Fsp3) is 0.300. The molecule has 2 fully saturated rings. The Kier molecular flexibility index (Phi) is 15.4. The van der Waals surface area contributed by atoms with Gasteiger partial charge in [-0.15, -0.1) is 0 Å². The number of rotatable bonds is 14. The summed E-state index contributed by atoms with van der Waals surface area (Å²) in [6, 6.07) is 23.5. The number of hydrogen-bond donors (Lipinski definition) is 2. The largest absolute Gasteiger partial charge is 0.504 e. The van der Waals surface area contributed by atoms with E-state index in [9.17, 15) is 27.0 Å². The van der Waals surface area contributed by atoms with E-state index < -0.39 is 20.0 Å². The fourth-order valence-corrected chi connectivity index (χ4v) is 8.32. The first kappa shape index (κ1) is 42.4. The van der Waals surface area contributed by atoms with Gasteiger partial charge in [0.2, 0.25) is 20.0 Å². The number of sulfonamides is 2. The topological polar surface area (TPSA) is 171 Å². The lowest BCUT2D eigenvalue weighted by Gasteiger charge is -2.26. The Morgan fingerprint density at radius 3 is 1.38 bits per heavy atom. The van der Waals surface area contributed by atoms with Gasteiger partial charge in [-0.1, -0.05) is 60.7 Å². The second-order valence-electron chi connectivity index (χ2n) is 12.4. The lowest BCUT2D eigenvalue weighted by molar-refractivity contribution is 0.0322.